The van der Waals surface area contributed by atoms with Gasteiger partial charge in [-0.15, -0.1) is 0 Å². The van der Waals surface area contributed by atoms with Gasteiger partial charge >= 0.3 is 0 Å². The van der Waals surface area contributed by atoms with E-state index in [4.69, 9.17) is 10.5 Å². The third kappa shape index (κ3) is 1.68. The first-order valence-electron chi connectivity index (χ1n) is 4.98. The van der Waals surface area contributed by atoms with Crippen LogP contribution in [0.25, 0.3) is 0 Å². The van der Waals surface area contributed by atoms with E-state index in [0.717, 1.165) is 25.3 Å². The van der Waals surface area contributed by atoms with Crippen molar-refractivity contribution < 1.29 is 4.74 Å². The van der Waals surface area contributed by atoms with E-state index < -0.39 is 0 Å². The minimum Gasteiger partial charge on any atom is -0.490 e. The van der Waals surface area contributed by atoms with Crippen molar-refractivity contribution in [2.45, 2.75) is 6.42 Å². The minimum atomic E-state index is 0.689. The van der Waals surface area contributed by atoms with E-state index in [1.807, 2.05) is 0 Å². The van der Waals surface area contributed by atoms with Crippen LogP contribution in [-0.2, 0) is 6.42 Å². The smallest absolute Gasteiger partial charge is 0.142 e. The Morgan fingerprint density at radius 1 is 1.50 bits per heavy atom. The van der Waals surface area contributed by atoms with Crippen molar-refractivity contribution in [2.75, 3.05) is 31.6 Å². The molecule has 0 atom stereocenters. The molecule has 0 aliphatic carbocycles. The van der Waals surface area contributed by atoms with Gasteiger partial charge in [0, 0.05) is 7.05 Å². The van der Waals surface area contributed by atoms with Crippen LogP contribution in [0.5, 0.6) is 5.75 Å². The number of likely N-dealkylation sites (N-methyl/N-ethyl adjacent to an activating group) is 1. The molecular weight excluding hydrogens is 176 g/mol. The molecule has 2 rings (SSSR count). The van der Waals surface area contributed by atoms with Crippen LogP contribution < -0.4 is 15.4 Å². The number of ether oxygens (including phenoxy) is 1. The van der Waals surface area contributed by atoms with Gasteiger partial charge in [0.25, 0.3) is 0 Å². The van der Waals surface area contributed by atoms with Crippen molar-refractivity contribution in [1.82, 2.24) is 0 Å². The fraction of sp³-hybridized carbons (Fsp3) is 0.455. The average molecular weight is 192 g/mol. The maximum Gasteiger partial charge on any atom is 0.142 e. The maximum atomic E-state index is 5.60. The maximum absolute atomic E-state index is 5.60. The third-order valence-electron chi connectivity index (χ3n) is 2.55. The van der Waals surface area contributed by atoms with Gasteiger partial charge in [0.05, 0.1) is 12.2 Å². The molecule has 1 aromatic carbocycles. The molecule has 0 saturated heterocycles. The lowest BCUT2D eigenvalue weighted by Crippen LogP contribution is -2.28. The van der Waals surface area contributed by atoms with Gasteiger partial charge in [-0.1, -0.05) is 6.07 Å². The Labute approximate surface area is 84.5 Å². The summed E-state index contributed by atoms with van der Waals surface area (Å²) in [7, 11) is 2.09. The highest BCUT2D eigenvalue weighted by Gasteiger charge is 2.14. The predicted molar refractivity (Wildman–Crippen MR) is 58.0 cm³/mol. The molecule has 0 amide bonds. The highest BCUT2D eigenvalue weighted by molar-refractivity contribution is 5.60. The van der Waals surface area contributed by atoms with Gasteiger partial charge < -0.3 is 15.4 Å². The number of fused-ring (bicyclic) bond motifs is 1. The fourth-order valence-electron chi connectivity index (χ4n) is 1.72. The van der Waals surface area contributed by atoms with Crippen molar-refractivity contribution in [2.24, 2.45) is 5.73 Å². The lowest BCUT2D eigenvalue weighted by molar-refractivity contribution is 0.311. The third-order valence-corrected chi connectivity index (χ3v) is 2.55. The fourth-order valence-corrected chi connectivity index (χ4v) is 1.72. The summed E-state index contributed by atoms with van der Waals surface area (Å²) in [6, 6.07) is 6.33. The van der Waals surface area contributed by atoms with E-state index in [2.05, 4.69) is 30.1 Å². The van der Waals surface area contributed by atoms with Gasteiger partial charge in [-0.3, -0.25) is 0 Å². The van der Waals surface area contributed by atoms with Crippen LogP contribution in [0.1, 0.15) is 5.56 Å². The Bertz CT molecular complexity index is 325. The number of nitrogens with two attached hydrogens (primary N) is 1. The first kappa shape index (κ1) is 9.34. The van der Waals surface area contributed by atoms with Crippen molar-refractivity contribution >= 4 is 5.69 Å². The summed E-state index contributed by atoms with van der Waals surface area (Å²) in [5.74, 6) is 0.990. The van der Waals surface area contributed by atoms with Crippen LogP contribution in [0.3, 0.4) is 0 Å². The second-order valence-corrected chi connectivity index (χ2v) is 3.61. The van der Waals surface area contributed by atoms with E-state index >= 15 is 0 Å². The van der Waals surface area contributed by atoms with Crippen LogP contribution in [0, 0.1) is 0 Å². The molecule has 0 unspecified atom stereocenters. The zero-order chi connectivity index (χ0) is 9.97. The molecule has 3 nitrogen and oxygen atoms in total. The molecular formula is C11H16N2O. The zero-order valence-corrected chi connectivity index (χ0v) is 8.49. The summed E-state index contributed by atoms with van der Waals surface area (Å²) in [6.07, 6.45) is 0.917. The van der Waals surface area contributed by atoms with Gasteiger partial charge in [-0.05, 0) is 30.7 Å². The molecule has 0 radical (unpaired) electrons. The molecule has 3 heteroatoms. The number of hydrogen-bond acceptors (Lipinski definition) is 3. The molecule has 0 aromatic heterocycles. The lowest BCUT2D eigenvalue weighted by atomic mass is 10.1. The van der Waals surface area contributed by atoms with E-state index in [1.54, 1.807) is 0 Å². The normalized spacial score (nSPS) is 14.9. The van der Waals surface area contributed by atoms with Gasteiger partial charge in [-0.25, -0.2) is 0 Å². The molecule has 1 heterocycles. The first-order valence-corrected chi connectivity index (χ1v) is 4.98. The molecule has 1 aliphatic rings. The standard InChI is InChI=1S/C11H16N2O/c1-13-6-7-14-11-8-9(4-5-12)2-3-10(11)13/h2-3,8H,4-7,12H2,1H3. The number of benzene rings is 1. The molecule has 2 N–H and O–H groups in total. The number of hydrogen-bond donors (Lipinski definition) is 1. The van der Waals surface area contributed by atoms with Gasteiger partial charge in [-0.2, -0.15) is 0 Å². The summed E-state index contributed by atoms with van der Waals surface area (Å²) in [4.78, 5) is 2.21. The van der Waals surface area contributed by atoms with Crippen LogP contribution in [0.15, 0.2) is 18.2 Å². The largest absolute Gasteiger partial charge is 0.490 e. The molecule has 0 saturated carbocycles. The van der Waals surface area contributed by atoms with E-state index in [0.29, 0.717) is 6.54 Å². The number of nitrogens with zero attached hydrogens (tertiary/aromatic N) is 1. The number of rotatable bonds is 2. The topological polar surface area (TPSA) is 38.5 Å². The zero-order valence-electron chi connectivity index (χ0n) is 8.49. The number of anilines is 1. The Morgan fingerprint density at radius 2 is 2.36 bits per heavy atom. The molecule has 0 fully saturated rings. The molecule has 0 spiro atoms. The van der Waals surface area contributed by atoms with Gasteiger partial charge in [0.15, 0.2) is 0 Å². The SMILES string of the molecule is CN1CCOc2cc(CCN)ccc21. The van der Waals surface area contributed by atoms with Gasteiger partial charge in [0.1, 0.15) is 12.4 Å². The molecule has 14 heavy (non-hydrogen) atoms. The van der Waals surface area contributed by atoms with Crippen LogP contribution in [0.2, 0.25) is 0 Å². The Hall–Kier alpha value is -1.22. The Kier molecular flexibility index (Phi) is 2.59. The highest BCUT2D eigenvalue weighted by Crippen LogP contribution is 2.31. The van der Waals surface area contributed by atoms with Gasteiger partial charge in [0.2, 0.25) is 0 Å². The van der Waals surface area contributed by atoms with Crippen molar-refractivity contribution in [1.29, 1.82) is 0 Å². The van der Waals surface area contributed by atoms with Crippen molar-refractivity contribution in [3.8, 4) is 5.75 Å². The minimum absolute atomic E-state index is 0.689. The Balaban J connectivity index is 2.29. The quantitative estimate of drug-likeness (QED) is 0.760. The second-order valence-electron chi connectivity index (χ2n) is 3.61. The monoisotopic (exact) mass is 192 g/mol. The van der Waals surface area contributed by atoms with Crippen molar-refractivity contribution in [3.63, 3.8) is 0 Å². The average Bonchev–Trinajstić information content (AvgIpc) is 2.18. The van der Waals surface area contributed by atoms with E-state index in [9.17, 15) is 0 Å². The summed E-state index contributed by atoms with van der Waals surface area (Å²) in [6.45, 7) is 2.42. The molecule has 0 bridgehead atoms. The Morgan fingerprint density at radius 3 is 3.14 bits per heavy atom. The van der Waals surface area contributed by atoms with Crippen LogP contribution in [0.4, 0.5) is 5.69 Å². The molecule has 76 valence electrons. The second kappa shape index (κ2) is 3.88. The highest BCUT2D eigenvalue weighted by atomic mass is 16.5. The van der Waals surface area contributed by atoms with Crippen molar-refractivity contribution in [3.05, 3.63) is 23.8 Å². The van der Waals surface area contributed by atoms with Crippen LogP contribution in [-0.4, -0.2) is 26.7 Å². The summed E-state index contributed by atoms with van der Waals surface area (Å²) in [5.41, 5.74) is 7.94. The van der Waals surface area contributed by atoms with E-state index in [1.165, 1.54) is 11.3 Å². The first-order chi connectivity index (χ1) is 6.81. The summed E-state index contributed by atoms with van der Waals surface area (Å²) < 4.78 is 5.60. The van der Waals surface area contributed by atoms with E-state index in [-0.39, 0.29) is 0 Å². The molecule has 1 aromatic rings. The lowest BCUT2D eigenvalue weighted by Gasteiger charge is -2.27. The summed E-state index contributed by atoms with van der Waals surface area (Å²) in [5, 5.41) is 0. The summed E-state index contributed by atoms with van der Waals surface area (Å²) >= 11 is 0. The molecule has 1 aliphatic heterocycles. The van der Waals surface area contributed by atoms with Crippen LogP contribution >= 0.6 is 0 Å². The predicted octanol–water partition coefficient (Wildman–Crippen LogP) is 1.02.